The van der Waals surface area contributed by atoms with Gasteiger partial charge in [0.15, 0.2) is 0 Å². The van der Waals surface area contributed by atoms with Crippen molar-refractivity contribution in [2.24, 2.45) is 11.6 Å². The van der Waals surface area contributed by atoms with Gasteiger partial charge < -0.3 is 5.73 Å². The van der Waals surface area contributed by atoms with E-state index < -0.39 is 0 Å². The standard InChI is InChI=1S/C7H12N2O/c1-6(5-10-9)3-4-7(2)8/h3-4H,1-2,5,8-9H2/b4-3-. The Balaban J connectivity index is 3.67. The Labute approximate surface area is 60.6 Å². The number of allylic oxidation sites excluding steroid dienone is 1. The van der Waals surface area contributed by atoms with Crippen LogP contribution in [0.3, 0.4) is 0 Å². The van der Waals surface area contributed by atoms with Crippen LogP contribution in [0.25, 0.3) is 0 Å². The minimum Gasteiger partial charge on any atom is -0.399 e. The van der Waals surface area contributed by atoms with Crippen LogP contribution in [-0.2, 0) is 4.84 Å². The van der Waals surface area contributed by atoms with Crippen LogP contribution in [0.1, 0.15) is 0 Å². The molecule has 0 aromatic rings. The first-order valence-corrected chi connectivity index (χ1v) is 2.78. The maximum absolute atomic E-state index is 5.24. The van der Waals surface area contributed by atoms with Gasteiger partial charge in [-0.1, -0.05) is 19.2 Å². The summed E-state index contributed by atoms with van der Waals surface area (Å²) in [6, 6.07) is 0. The highest BCUT2D eigenvalue weighted by atomic mass is 16.6. The zero-order chi connectivity index (χ0) is 7.98. The minimum atomic E-state index is 0.309. The molecule has 4 N–H and O–H groups in total. The Morgan fingerprint density at radius 2 is 2.00 bits per heavy atom. The molecule has 0 atom stereocenters. The largest absolute Gasteiger partial charge is 0.399 e. The zero-order valence-corrected chi connectivity index (χ0v) is 5.84. The molecular formula is C7H12N2O. The summed E-state index contributed by atoms with van der Waals surface area (Å²) in [6.07, 6.45) is 3.34. The van der Waals surface area contributed by atoms with Crippen molar-refractivity contribution in [3.8, 4) is 0 Å². The summed E-state index contributed by atoms with van der Waals surface area (Å²) in [7, 11) is 0. The zero-order valence-electron chi connectivity index (χ0n) is 5.84. The molecule has 0 saturated heterocycles. The first-order chi connectivity index (χ1) is 4.66. The van der Waals surface area contributed by atoms with Crippen LogP contribution in [0.5, 0.6) is 0 Å². The van der Waals surface area contributed by atoms with Crippen molar-refractivity contribution in [1.29, 1.82) is 0 Å². The maximum Gasteiger partial charge on any atom is 0.0924 e. The molecule has 0 rings (SSSR count). The molecule has 0 fully saturated rings. The van der Waals surface area contributed by atoms with Gasteiger partial charge in [-0.05, 0) is 11.6 Å². The number of hydrogen-bond acceptors (Lipinski definition) is 3. The molecule has 0 aromatic heterocycles. The highest BCUT2D eigenvalue weighted by Gasteiger charge is 1.84. The van der Waals surface area contributed by atoms with E-state index in [9.17, 15) is 0 Å². The predicted octanol–water partition coefficient (Wildman–Crippen LogP) is 0.462. The van der Waals surface area contributed by atoms with E-state index in [1.54, 1.807) is 12.2 Å². The lowest BCUT2D eigenvalue weighted by atomic mass is 10.3. The SMILES string of the molecule is C=C(N)/C=C\C(=C)CON. The average molecular weight is 140 g/mol. The van der Waals surface area contributed by atoms with E-state index in [4.69, 9.17) is 11.6 Å². The molecule has 0 amide bonds. The van der Waals surface area contributed by atoms with Gasteiger partial charge in [-0.25, -0.2) is 5.90 Å². The molecule has 10 heavy (non-hydrogen) atoms. The molecule has 0 bridgehead atoms. The molecule has 56 valence electrons. The predicted molar refractivity (Wildman–Crippen MR) is 41.7 cm³/mol. The van der Waals surface area contributed by atoms with Crippen LogP contribution in [0.4, 0.5) is 0 Å². The number of rotatable bonds is 4. The van der Waals surface area contributed by atoms with Crippen LogP contribution in [-0.4, -0.2) is 6.61 Å². The minimum absolute atomic E-state index is 0.309. The maximum atomic E-state index is 5.24. The second-order valence-electron chi connectivity index (χ2n) is 1.88. The van der Waals surface area contributed by atoms with E-state index in [-0.39, 0.29) is 0 Å². The van der Waals surface area contributed by atoms with Crippen LogP contribution in [0.15, 0.2) is 36.6 Å². The van der Waals surface area contributed by atoms with E-state index in [1.165, 1.54) is 0 Å². The summed E-state index contributed by atoms with van der Waals surface area (Å²) in [5.74, 6) is 4.79. The third-order valence-corrected chi connectivity index (χ3v) is 0.802. The van der Waals surface area contributed by atoms with Gasteiger partial charge in [-0.2, -0.15) is 0 Å². The quantitative estimate of drug-likeness (QED) is 0.440. The Hall–Kier alpha value is -1.06. The molecule has 0 unspecified atom stereocenters. The molecule has 0 aliphatic carbocycles. The molecule has 0 aromatic carbocycles. The molecule has 0 aliphatic heterocycles. The van der Waals surface area contributed by atoms with Gasteiger partial charge in [0.2, 0.25) is 0 Å². The van der Waals surface area contributed by atoms with Crippen molar-refractivity contribution in [3.63, 3.8) is 0 Å². The Bertz CT molecular complexity index is 161. The van der Waals surface area contributed by atoms with Crippen LogP contribution < -0.4 is 11.6 Å². The Morgan fingerprint density at radius 3 is 2.40 bits per heavy atom. The van der Waals surface area contributed by atoms with Gasteiger partial charge in [0.25, 0.3) is 0 Å². The van der Waals surface area contributed by atoms with Crippen LogP contribution in [0, 0.1) is 0 Å². The van der Waals surface area contributed by atoms with Gasteiger partial charge >= 0.3 is 0 Å². The summed E-state index contributed by atoms with van der Waals surface area (Å²) in [4.78, 5) is 4.31. The first kappa shape index (κ1) is 8.94. The molecule has 0 radical (unpaired) electrons. The lowest BCUT2D eigenvalue weighted by Crippen LogP contribution is -2.01. The van der Waals surface area contributed by atoms with Crippen molar-refractivity contribution in [2.75, 3.05) is 6.61 Å². The third kappa shape index (κ3) is 5.08. The monoisotopic (exact) mass is 140 g/mol. The number of nitrogens with two attached hydrogens (primary N) is 2. The topological polar surface area (TPSA) is 61.3 Å². The number of hydrogen-bond donors (Lipinski definition) is 2. The van der Waals surface area contributed by atoms with Crippen molar-refractivity contribution in [3.05, 3.63) is 36.6 Å². The van der Waals surface area contributed by atoms with Crippen molar-refractivity contribution < 1.29 is 4.84 Å². The third-order valence-electron chi connectivity index (χ3n) is 0.802. The van der Waals surface area contributed by atoms with Crippen molar-refractivity contribution in [1.82, 2.24) is 0 Å². The molecule has 0 heterocycles. The van der Waals surface area contributed by atoms with Gasteiger partial charge in [0.05, 0.1) is 6.61 Å². The van der Waals surface area contributed by atoms with E-state index in [1.807, 2.05) is 0 Å². The Kier molecular flexibility index (Phi) is 4.28. The normalized spacial score (nSPS) is 10.1. The average Bonchev–Trinajstić information content (AvgIpc) is 1.85. The first-order valence-electron chi connectivity index (χ1n) is 2.78. The van der Waals surface area contributed by atoms with E-state index in [0.29, 0.717) is 12.3 Å². The van der Waals surface area contributed by atoms with E-state index in [0.717, 1.165) is 5.57 Å². The lowest BCUT2D eigenvalue weighted by molar-refractivity contribution is 0.163. The summed E-state index contributed by atoms with van der Waals surface area (Å²) < 4.78 is 0. The van der Waals surface area contributed by atoms with E-state index >= 15 is 0 Å². The fourth-order valence-corrected chi connectivity index (χ4v) is 0.380. The summed E-state index contributed by atoms with van der Waals surface area (Å²) in [5.41, 5.74) is 6.49. The molecule has 0 aliphatic rings. The summed E-state index contributed by atoms with van der Waals surface area (Å²) >= 11 is 0. The van der Waals surface area contributed by atoms with Crippen molar-refractivity contribution >= 4 is 0 Å². The fraction of sp³-hybridized carbons (Fsp3) is 0.143. The Morgan fingerprint density at radius 1 is 1.40 bits per heavy atom. The summed E-state index contributed by atoms with van der Waals surface area (Å²) in [5, 5.41) is 0. The van der Waals surface area contributed by atoms with Gasteiger partial charge in [-0.15, -0.1) is 0 Å². The highest BCUT2D eigenvalue weighted by Crippen LogP contribution is 1.93. The second-order valence-corrected chi connectivity index (χ2v) is 1.88. The lowest BCUT2D eigenvalue weighted by Gasteiger charge is -1.94. The highest BCUT2D eigenvalue weighted by molar-refractivity contribution is 5.22. The van der Waals surface area contributed by atoms with Gasteiger partial charge in [0, 0.05) is 5.70 Å². The molecular weight excluding hydrogens is 128 g/mol. The van der Waals surface area contributed by atoms with Crippen LogP contribution in [0.2, 0.25) is 0 Å². The molecule has 3 heteroatoms. The van der Waals surface area contributed by atoms with Crippen molar-refractivity contribution in [2.45, 2.75) is 0 Å². The molecule has 3 nitrogen and oxygen atoms in total. The fourth-order valence-electron chi connectivity index (χ4n) is 0.380. The summed E-state index contributed by atoms with van der Waals surface area (Å²) in [6.45, 7) is 7.40. The molecule has 0 saturated carbocycles. The van der Waals surface area contributed by atoms with E-state index in [2.05, 4.69) is 18.0 Å². The van der Waals surface area contributed by atoms with Gasteiger partial charge in [0.1, 0.15) is 0 Å². The van der Waals surface area contributed by atoms with Gasteiger partial charge in [-0.3, -0.25) is 4.84 Å². The van der Waals surface area contributed by atoms with Crippen LogP contribution >= 0.6 is 0 Å². The molecule has 0 spiro atoms. The smallest absolute Gasteiger partial charge is 0.0924 e. The second kappa shape index (κ2) is 4.78.